The predicted octanol–water partition coefficient (Wildman–Crippen LogP) is 14.6. The standard InChI is InChI=1S/C57H35N3O2S/c61-63-55-23-11-9-21-47(55)44-19-7-6-17-42(44)41-16-4-5-18-43(41)45-29-28-39(31-48(45)50-32-54-49(33-56(50)63)46-20-8-10-22-53(46)62-54)52-34-51(59-57(60-52)38-13-2-1-3-14-38)37-26-24-36(25-27-37)40-15-12-30-58-35-40/h1-35H. The maximum absolute atomic E-state index is 15.6. The molecule has 1 unspecified atom stereocenters. The zero-order valence-electron chi connectivity index (χ0n) is 33.8. The Bertz CT molecular complexity index is 3530. The van der Waals surface area contributed by atoms with Crippen LogP contribution in [-0.4, -0.2) is 19.5 Å². The van der Waals surface area contributed by atoms with E-state index in [1.54, 1.807) is 6.20 Å². The summed E-state index contributed by atoms with van der Waals surface area (Å²) in [6.07, 6.45) is 3.66. The van der Waals surface area contributed by atoms with Gasteiger partial charge in [-0.05, 0) is 87.0 Å². The molecule has 0 saturated heterocycles. The van der Waals surface area contributed by atoms with E-state index in [1.165, 1.54) is 0 Å². The Labute approximate surface area is 367 Å². The van der Waals surface area contributed by atoms with E-state index in [1.807, 2.05) is 79.0 Å². The maximum Gasteiger partial charge on any atom is 0.167 e. The molecule has 4 heterocycles. The molecule has 3 aromatic heterocycles. The molecule has 11 aromatic rings. The van der Waals surface area contributed by atoms with Crippen LogP contribution in [0, 0.1) is 0 Å². The van der Waals surface area contributed by atoms with E-state index in [2.05, 4.69) is 132 Å². The predicted molar refractivity (Wildman–Crippen MR) is 255 cm³/mol. The largest absolute Gasteiger partial charge is 0.606 e. The molecule has 63 heavy (non-hydrogen) atoms. The topological polar surface area (TPSA) is 74.9 Å². The van der Waals surface area contributed by atoms with Crippen LogP contribution in [0.25, 0.3) is 111 Å². The van der Waals surface area contributed by atoms with Crippen molar-refractivity contribution < 1.29 is 8.97 Å². The lowest BCUT2D eigenvalue weighted by molar-refractivity contribution is 0.595. The summed E-state index contributed by atoms with van der Waals surface area (Å²) in [7, 11) is 0. The Morgan fingerprint density at radius 2 is 0.952 bits per heavy atom. The Balaban J connectivity index is 1.13. The van der Waals surface area contributed by atoms with Crippen LogP contribution in [0.3, 0.4) is 0 Å². The highest BCUT2D eigenvalue weighted by Crippen LogP contribution is 2.49. The second kappa shape index (κ2) is 15.2. The van der Waals surface area contributed by atoms with Crippen molar-refractivity contribution in [3.63, 3.8) is 0 Å². The van der Waals surface area contributed by atoms with Gasteiger partial charge in [-0.2, -0.15) is 0 Å². The van der Waals surface area contributed by atoms with Crippen molar-refractivity contribution in [1.82, 2.24) is 15.0 Å². The molecule has 5 nitrogen and oxygen atoms in total. The number of nitrogens with zero attached hydrogens (tertiary/aromatic N) is 3. The lowest BCUT2D eigenvalue weighted by Crippen LogP contribution is -2.06. The first-order chi connectivity index (χ1) is 31.1. The number of para-hydroxylation sites is 1. The van der Waals surface area contributed by atoms with Crippen LogP contribution < -0.4 is 0 Å². The number of furan rings is 1. The number of rotatable bonds is 4. The number of hydrogen-bond donors (Lipinski definition) is 0. The Kier molecular flexibility index (Phi) is 8.92. The lowest BCUT2D eigenvalue weighted by Gasteiger charge is -2.19. The fourth-order valence-corrected chi connectivity index (χ4v) is 10.4. The van der Waals surface area contributed by atoms with Crippen molar-refractivity contribution in [2.24, 2.45) is 0 Å². The maximum atomic E-state index is 15.6. The molecule has 0 aliphatic carbocycles. The van der Waals surface area contributed by atoms with Gasteiger partial charge in [0.15, 0.2) is 15.6 Å². The first-order valence-electron chi connectivity index (χ1n) is 20.9. The van der Waals surface area contributed by atoms with Crippen LogP contribution in [0.2, 0.25) is 0 Å². The van der Waals surface area contributed by atoms with Crippen LogP contribution in [0.1, 0.15) is 0 Å². The molecule has 0 N–H and O–H groups in total. The average molecular weight is 826 g/mol. The van der Waals surface area contributed by atoms with Gasteiger partial charge in [-0.25, -0.2) is 9.97 Å². The van der Waals surface area contributed by atoms with Crippen molar-refractivity contribution >= 4 is 33.1 Å². The second-order valence-corrected chi connectivity index (χ2v) is 17.1. The van der Waals surface area contributed by atoms with Crippen LogP contribution in [0.5, 0.6) is 0 Å². The van der Waals surface area contributed by atoms with Gasteiger partial charge in [0.1, 0.15) is 11.2 Å². The molecule has 0 fully saturated rings. The van der Waals surface area contributed by atoms with Gasteiger partial charge in [-0.1, -0.05) is 152 Å². The number of benzene rings is 8. The summed E-state index contributed by atoms with van der Waals surface area (Å²) < 4.78 is 22.2. The number of fused-ring (bicyclic) bond motifs is 12. The van der Waals surface area contributed by atoms with Gasteiger partial charge in [0.05, 0.1) is 11.4 Å². The molecular formula is C57H35N3O2S. The summed E-state index contributed by atoms with van der Waals surface area (Å²) in [4.78, 5) is 16.2. The van der Waals surface area contributed by atoms with Gasteiger partial charge in [0.25, 0.3) is 0 Å². The highest BCUT2D eigenvalue weighted by Gasteiger charge is 2.30. The highest BCUT2D eigenvalue weighted by molar-refractivity contribution is 7.91. The SMILES string of the molecule is [O-][S+]1c2ccccc2-c2ccccc2-c2ccccc2-c2ccc(-c3cc(-c4ccc(-c5cccnc5)cc4)nc(-c4ccccc4)n3)cc2-c2cc3oc4ccccc4c3cc21. The fourth-order valence-electron chi connectivity index (χ4n) is 8.98. The summed E-state index contributed by atoms with van der Waals surface area (Å²) in [5, 5.41) is 1.90. The molecule has 0 spiro atoms. The van der Waals surface area contributed by atoms with E-state index in [9.17, 15) is 0 Å². The third kappa shape index (κ3) is 6.43. The molecule has 1 aliphatic heterocycles. The summed E-state index contributed by atoms with van der Waals surface area (Å²) in [6, 6.07) is 68.5. The van der Waals surface area contributed by atoms with E-state index in [4.69, 9.17) is 14.4 Å². The van der Waals surface area contributed by atoms with E-state index < -0.39 is 11.2 Å². The minimum Gasteiger partial charge on any atom is -0.606 e. The molecule has 0 amide bonds. The molecule has 1 atom stereocenters. The first kappa shape index (κ1) is 36.9. The van der Waals surface area contributed by atoms with E-state index in [0.717, 1.165) is 111 Å². The Morgan fingerprint density at radius 3 is 1.68 bits per heavy atom. The van der Waals surface area contributed by atoms with Crippen molar-refractivity contribution in [3.05, 3.63) is 213 Å². The zero-order chi connectivity index (χ0) is 41.9. The van der Waals surface area contributed by atoms with E-state index in [-0.39, 0.29) is 0 Å². The van der Waals surface area contributed by atoms with Gasteiger partial charge >= 0.3 is 0 Å². The molecule has 296 valence electrons. The molecule has 0 saturated carbocycles. The number of hydrogen-bond acceptors (Lipinski definition) is 5. The molecule has 12 rings (SSSR count). The minimum absolute atomic E-state index is 0.625. The Hall–Kier alpha value is -7.90. The minimum atomic E-state index is -1.60. The quantitative estimate of drug-likeness (QED) is 0.165. The summed E-state index contributed by atoms with van der Waals surface area (Å²) in [6.45, 7) is 0. The average Bonchev–Trinajstić information content (AvgIpc) is 3.73. The fraction of sp³-hybridized carbons (Fsp3) is 0. The molecule has 8 aromatic carbocycles. The lowest BCUT2D eigenvalue weighted by atomic mass is 9.85. The summed E-state index contributed by atoms with van der Waals surface area (Å²) in [5.74, 6) is 0.625. The zero-order valence-corrected chi connectivity index (χ0v) is 34.6. The van der Waals surface area contributed by atoms with Crippen LogP contribution in [0.15, 0.2) is 227 Å². The molecule has 0 bridgehead atoms. The number of aromatic nitrogens is 3. The van der Waals surface area contributed by atoms with Crippen molar-refractivity contribution in [2.45, 2.75) is 9.79 Å². The first-order valence-corrected chi connectivity index (χ1v) is 22.0. The van der Waals surface area contributed by atoms with E-state index in [0.29, 0.717) is 10.7 Å². The van der Waals surface area contributed by atoms with E-state index >= 15 is 4.55 Å². The van der Waals surface area contributed by atoms with Crippen LogP contribution in [-0.2, 0) is 11.2 Å². The van der Waals surface area contributed by atoms with Gasteiger partial charge in [-0.15, -0.1) is 0 Å². The molecule has 0 radical (unpaired) electrons. The summed E-state index contributed by atoms with van der Waals surface area (Å²) in [5.41, 5.74) is 15.9. The van der Waals surface area contributed by atoms with Crippen molar-refractivity contribution in [1.29, 1.82) is 0 Å². The normalized spacial score (nSPS) is 13.0. The van der Waals surface area contributed by atoms with Crippen molar-refractivity contribution in [2.75, 3.05) is 0 Å². The van der Waals surface area contributed by atoms with Gasteiger partial charge in [0.2, 0.25) is 0 Å². The number of pyridine rings is 1. The summed E-state index contributed by atoms with van der Waals surface area (Å²) >= 11 is -1.60. The molecular weight excluding hydrogens is 791 g/mol. The molecule has 1 aliphatic rings. The third-order valence-electron chi connectivity index (χ3n) is 12.0. The third-order valence-corrected chi connectivity index (χ3v) is 13.5. The smallest absolute Gasteiger partial charge is 0.167 e. The molecule has 6 heteroatoms. The van der Waals surface area contributed by atoms with Crippen LogP contribution >= 0.6 is 0 Å². The van der Waals surface area contributed by atoms with Gasteiger partial charge in [0, 0.05) is 68.2 Å². The highest BCUT2D eigenvalue weighted by atomic mass is 32.2. The monoisotopic (exact) mass is 825 g/mol. The van der Waals surface area contributed by atoms with Crippen LogP contribution in [0.4, 0.5) is 0 Å². The Morgan fingerprint density at radius 1 is 0.365 bits per heavy atom. The van der Waals surface area contributed by atoms with Crippen molar-refractivity contribution in [3.8, 4) is 89.5 Å². The van der Waals surface area contributed by atoms with Gasteiger partial charge in [-0.3, -0.25) is 4.98 Å². The second-order valence-electron chi connectivity index (χ2n) is 15.7. The van der Waals surface area contributed by atoms with Gasteiger partial charge < -0.3 is 8.97 Å².